The van der Waals surface area contributed by atoms with Crippen LogP contribution < -0.4 is 4.74 Å². The molecular formula is C24H28N4O4. The van der Waals surface area contributed by atoms with Crippen LogP contribution in [0, 0.1) is 0 Å². The summed E-state index contributed by atoms with van der Waals surface area (Å²) in [4.78, 5) is 23.8. The summed E-state index contributed by atoms with van der Waals surface area (Å²) in [7, 11) is 3.31. The average Bonchev–Trinajstić information content (AvgIpc) is 3.35. The van der Waals surface area contributed by atoms with Crippen molar-refractivity contribution in [2.75, 3.05) is 33.9 Å². The molecule has 8 heteroatoms. The molecular weight excluding hydrogens is 408 g/mol. The second-order valence-electron chi connectivity index (χ2n) is 8.13. The fourth-order valence-corrected chi connectivity index (χ4v) is 4.26. The molecule has 168 valence electrons. The third kappa shape index (κ3) is 4.80. The minimum absolute atomic E-state index is 0.0811. The number of benzene rings is 1. The van der Waals surface area contributed by atoms with Gasteiger partial charge in [-0.1, -0.05) is 17.3 Å². The van der Waals surface area contributed by atoms with E-state index >= 15 is 0 Å². The van der Waals surface area contributed by atoms with E-state index in [9.17, 15) is 4.79 Å². The van der Waals surface area contributed by atoms with Crippen molar-refractivity contribution in [3.05, 3.63) is 60.2 Å². The summed E-state index contributed by atoms with van der Waals surface area (Å²) in [6, 6.07) is 11.3. The highest BCUT2D eigenvalue weighted by molar-refractivity contribution is 5.79. The van der Waals surface area contributed by atoms with Gasteiger partial charge in [-0.25, -0.2) is 0 Å². The van der Waals surface area contributed by atoms with Gasteiger partial charge in [0.25, 0.3) is 5.89 Å². The Bertz CT molecular complexity index is 1040. The zero-order valence-corrected chi connectivity index (χ0v) is 18.5. The van der Waals surface area contributed by atoms with Crippen molar-refractivity contribution in [3.63, 3.8) is 0 Å². The predicted octanol–water partition coefficient (Wildman–Crippen LogP) is 3.28. The second-order valence-corrected chi connectivity index (χ2v) is 8.13. The molecule has 4 rings (SSSR count). The van der Waals surface area contributed by atoms with Crippen molar-refractivity contribution in [3.8, 4) is 17.2 Å². The first-order valence-electron chi connectivity index (χ1n) is 10.8. The minimum Gasteiger partial charge on any atom is -0.497 e. The van der Waals surface area contributed by atoms with Crippen LogP contribution in [0.4, 0.5) is 0 Å². The Morgan fingerprint density at radius 3 is 2.84 bits per heavy atom. The molecule has 1 atom stereocenters. The van der Waals surface area contributed by atoms with Crippen LogP contribution in [-0.2, 0) is 21.4 Å². The van der Waals surface area contributed by atoms with Crippen LogP contribution in [0.2, 0.25) is 0 Å². The summed E-state index contributed by atoms with van der Waals surface area (Å²) in [5, 5.41) is 4.33. The second kappa shape index (κ2) is 9.91. The Labute approximate surface area is 187 Å². The maximum Gasteiger partial charge on any atom is 0.258 e. The van der Waals surface area contributed by atoms with Gasteiger partial charge in [-0.05, 0) is 49.1 Å². The number of pyridine rings is 1. The molecule has 0 bridgehead atoms. The molecule has 3 heterocycles. The molecule has 1 saturated heterocycles. The molecule has 1 aromatic carbocycles. The van der Waals surface area contributed by atoms with Gasteiger partial charge in [-0.15, -0.1) is 0 Å². The Morgan fingerprint density at radius 2 is 2.06 bits per heavy atom. The Morgan fingerprint density at radius 1 is 1.22 bits per heavy atom. The molecule has 1 aliphatic heterocycles. The lowest BCUT2D eigenvalue weighted by molar-refractivity contribution is -0.133. The number of nitrogens with zero attached hydrogens (tertiary/aromatic N) is 4. The van der Waals surface area contributed by atoms with Crippen LogP contribution in [-0.4, -0.2) is 59.8 Å². The van der Waals surface area contributed by atoms with E-state index in [0.29, 0.717) is 44.3 Å². The molecule has 8 nitrogen and oxygen atoms in total. The molecule has 0 saturated carbocycles. The number of carbonyl (C=O) groups excluding carboxylic acids is 1. The van der Waals surface area contributed by atoms with E-state index in [0.717, 1.165) is 29.7 Å². The Balaban J connectivity index is 1.55. The fraction of sp³-hybridized carbons (Fsp3) is 0.417. The number of hydrogen-bond acceptors (Lipinski definition) is 7. The van der Waals surface area contributed by atoms with Gasteiger partial charge in [-0.2, -0.15) is 4.98 Å². The number of aromatic nitrogens is 3. The first-order chi connectivity index (χ1) is 15.6. The van der Waals surface area contributed by atoms with Gasteiger partial charge < -0.3 is 18.9 Å². The summed E-state index contributed by atoms with van der Waals surface area (Å²) in [6.07, 6.45) is 6.16. The predicted molar refractivity (Wildman–Crippen MR) is 118 cm³/mol. The zero-order valence-electron chi connectivity index (χ0n) is 18.5. The number of carbonyl (C=O) groups is 1. The standard InChI is InChI=1S/C24H28N4O4/c1-30-14-10-24(23-26-22(32-27-23)19-7-11-25-12-8-19)9-4-13-28(17-24)21(29)16-18-5-3-6-20(15-18)31-2/h3,5-8,11-12,15H,4,9-10,13-14,16-17H2,1-2H3. The van der Waals surface area contributed by atoms with Crippen molar-refractivity contribution in [2.45, 2.75) is 31.1 Å². The average molecular weight is 437 g/mol. The van der Waals surface area contributed by atoms with Gasteiger partial charge in [0.05, 0.1) is 18.9 Å². The maximum absolute atomic E-state index is 13.2. The van der Waals surface area contributed by atoms with Crippen LogP contribution in [0.5, 0.6) is 5.75 Å². The minimum atomic E-state index is -0.410. The molecule has 1 fully saturated rings. The number of amides is 1. The van der Waals surface area contributed by atoms with E-state index in [2.05, 4.69) is 10.1 Å². The number of likely N-dealkylation sites (tertiary alicyclic amines) is 1. The van der Waals surface area contributed by atoms with Crippen molar-refractivity contribution in [2.24, 2.45) is 0 Å². The van der Waals surface area contributed by atoms with Crippen molar-refractivity contribution >= 4 is 5.91 Å². The van der Waals surface area contributed by atoms with Crippen LogP contribution >= 0.6 is 0 Å². The normalized spacial score (nSPS) is 18.5. The molecule has 1 amide bonds. The van der Waals surface area contributed by atoms with E-state index in [-0.39, 0.29) is 5.91 Å². The Kier molecular flexibility index (Phi) is 6.80. The van der Waals surface area contributed by atoms with Crippen LogP contribution in [0.1, 0.15) is 30.7 Å². The molecule has 1 unspecified atom stereocenters. The molecule has 32 heavy (non-hydrogen) atoms. The highest BCUT2D eigenvalue weighted by atomic mass is 16.5. The lowest BCUT2D eigenvalue weighted by atomic mass is 9.76. The lowest BCUT2D eigenvalue weighted by Crippen LogP contribution is -2.50. The van der Waals surface area contributed by atoms with E-state index in [1.807, 2.05) is 41.3 Å². The third-order valence-corrected chi connectivity index (χ3v) is 6.03. The molecule has 0 N–H and O–H groups in total. The summed E-state index contributed by atoms with van der Waals surface area (Å²) in [6.45, 7) is 1.80. The quantitative estimate of drug-likeness (QED) is 0.535. The van der Waals surface area contributed by atoms with Crippen LogP contribution in [0.25, 0.3) is 11.5 Å². The smallest absolute Gasteiger partial charge is 0.258 e. The van der Waals surface area contributed by atoms with E-state index < -0.39 is 5.41 Å². The van der Waals surface area contributed by atoms with Crippen molar-refractivity contribution in [1.82, 2.24) is 20.0 Å². The number of piperidine rings is 1. The van der Waals surface area contributed by atoms with Gasteiger partial charge >= 0.3 is 0 Å². The first kappa shape index (κ1) is 22.0. The SMILES string of the molecule is COCCC1(c2noc(-c3ccncc3)n2)CCCN(C(=O)Cc2cccc(OC)c2)C1. The van der Waals surface area contributed by atoms with Crippen LogP contribution in [0.3, 0.4) is 0 Å². The van der Waals surface area contributed by atoms with Crippen LogP contribution in [0.15, 0.2) is 53.3 Å². The van der Waals surface area contributed by atoms with E-state index in [1.165, 1.54) is 0 Å². The van der Waals surface area contributed by atoms with Gasteiger partial charge in [0, 0.05) is 44.8 Å². The number of hydrogen-bond donors (Lipinski definition) is 0. The van der Waals surface area contributed by atoms with Gasteiger partial charge in [0.1, 0.15) is 5.75 Å². The van der Waals surface area contributed by atoms with Gasteiger partial charge in [0.15, 0.2) is 5.82 Å². The molecule has 3 aromatic rings. The van der Waals surface area contributed by atoms with Crippen molar-refractivity contribution < 1.29 is 18.8 Å². The van der Waals surface area contributed by atoms with Gasteiger partial charge in [0.2, 0.25) is 5.91 Å². The Hall–Kier alpha value is -3.26. The maximum atomic E-state index is 13.2. The van der Waals surface area contributed by atoms with E-state index in [4.69, 9.17) is 19.0 Å². The summed E-state index contributed by atoms with van der Waals surface area (Å²) in [5.74, 6) is 1.91. The van der Waals surface area contributed by atoms with Gasteiger partial charge in [-0.3, -0.25) is 9.78 Å². The first-order valence-corrected chi connectivity index (χ1v) is 10.8. The largest absolute Gasteiger partial charge is 0.497 e. The fourth-order valence-electron chi connectivity index (χ4n) is 4.26. The number of ether oxygens (including phenoxy) is 2. The highest BCUT2D eigenvalue weighted by Crippen LogP contribution is 2.37. The lowest BCUT2D eigenvalue weighted by Gasteiger charge is -2.41. The molecule has 1 aliphatic rings. The zero-order chi connectivity index (χ0) is 22.4. The highest BCUT2D eigenvalue weighted by Gasteiger charge is 2.42. The molecule has 0 spiro atoms. The summed E-state index contributed by atoms with van der Waals surface area (Å²) >= 11 is 0. The number of methoxy groups -OCH3 is 2. The third-order valence-electron chi connectivity index (χ3n) is 6.03. The topological polar surface area (TPSA) is 90.6 Å². The summed E-state index contributed by atoms with van der Waals surface area (Å²) in [5.41, 5.74) is 1.34. The van der Waals surface area contributed by atoms with Crippen molar-refractivity contribution in [1.29, 1.82) is 0 Å². The van der Waals surface area contributed by atoms with E-state index in [1.54, 1.807) is 26.6 Å². The number of rotatable bonds is 8. The molecule has 0 aliphatic carbocycles. The monoisotopic (exact) mass is 436 g/mol. The molecule has 0 radical (unpaired) electrons. The molecule has 2 aromatic heterocycles. The summed E-state index contributed by atoms with van der Waals surface area (Å²) < 4.78 is 16.3.